The number of nitrogens with zero attached hydrogens (tertiary/aromatic N) is 6. The predicted molar refractivity (Wildman–Crippen MR) is 90.2 cm³/mol. The van der Waals surface area contributed by atoms with Crippen LogP contribution in [-0.4, -0.2) is 68.7 Å². The van der Waals surface area contributed by atoms with Gasteiger partial charge in [0.05, 0.1) is 48.2 Å². The highest BCUT2D eigenvalue weighted by atomic mass is 16.5. The van der Waals surface area contributed by atoms with Crippen LogP contribution in [0.25, 0.3) is 0 Å². The molecule has 0 N–H and O–H groups in total. The standard InChI is InChI=1S/C17H18N6O3/c24-15-10-26-17(11-23(15)14-8-18-12-19-9-14)2-5-22(6-3-17)16(25)13-1-4-20-21-7-13/h1,4,7-9,12H,2-3,5-6,10-11H2. The summed E-state index contributed by atoms with van der Waals surface area (Å²) in [7, 11) is 0. The Morgan fingerprint density at radius 1 is 1.12 bits per heavy atom. The summed E-state index contributed by atoms with van der Waals surface area (Å²) in [6.07, 6.45) is 8.98. The van der Waals surface area contributed by atoms with Crippen LogP contribution in [-0.2, 0) is 9.53 Å². The van der Waals surface area contributed by atoms with Gasteiger partial charge in [-0.3, -0.25) is 9.59 Å². The van der Waals surface area contributed by atoms with Crippen LogP contribution in [0.1, 0.15) is 23.2 Å². The summed E-state index contributed by atoms with van der Waals surface area (Å²) in [4.78, 5) is 36.2. The number of hydrogen-bond donors (Lipinski definition) is 0. The number of likely N-dealkylation sites (tertiary alicyclic amines) is 1. The molecule has 0 atom stereocenters. The Labute approximate surface area is 150 Å². The van der Waals surface area contributed by atoms with Gasteiger partial charge in [0.15, 0.2) is 0 Å². The van der Waals surface area contributed by atoms with Gasteiger partial charge >= 0.3 is 0 Å². The molecule has 2 aromatic heterocycles. The summed E-state index contributed by atoms with van der Waals surface area (Å²) < 4.78 is 5.91. The molecule has 9 heteroatoms. The summed E-state index contributed by atoms with van der Waals surface area (Å²) in [5.74, 6) is -0.165. The topological polar surface area (TPSA) is 101 Å². The molecule has 2 aliphatic heterocycles. The lowest BCUT2D eigenvalue weighted by molar-refractivity contribution is -0.143. The molecule has 26 heavy (non-hydrogen) atoms. The van der Waals surface area contributed by atoms with Crippen molar-refractivity contribution in [1.82, 2.24) is 25.1 Å². The van der Waals surface area contributed by atoms with Gasteiger partial charge in [0.1, 0.15) is 12.9 Å². The monoisotopic (exact) mass is 354 g/mol. The molecule has 1 spiro atoms. The van der Waals surface area contributed by atoms with Crippen LogP contribution >= 0.6 is 0 Å². The van der Waals surface area contributed by atoms with Crippen LogP contribution in [0.15, 0.2) is 37.2 Å². The number of amides is 2. The molecule has 4 heterocycles. The Kier molecular flexibility index (Phi) is 4.29. The minimum Gasteiger partial charge on any atom is -0.363 e. The molecule has 0 radical (unpaired) electrons. The number of ether oxygens (including phenoxy) is 1. The summed E-state index contributed by atoms with van der Waals surface area (Å²) in [5.41, 5.74) is 0.747. The molecule has 2 aromatic rings. The van der Waals surface area contributed by atoms with E-state index in [1.54, 1.807) is 28.3 Å². The molecule has 4 rings (SSSR count). The Morgan fingerprint density at radius 3 is 2.58 bits per heavy atom. The quantitative estimate of drug-likeness (QED) is 0.764. The Bertz CT molecular complexity index is 793. The van der Waals surface area contributed by atoms with Crippen LogP contribution in [0.3, 0.4) is 0 Å². The number of morpholine rings is 1. The lowest BCUT2D eigenvalue weighted by Crippen LogP contribution is -2.59. The lowest BCUT2D eigenvalue weighted by Gasteiger charge is -2.46. The Balaban J connectivity index is 1.45. The number of rotatable bonds is 2. The molecule has 0 bridgehead atoms. The highest BCUT2D eigenvalue weighted by Crippen LogP contribution is 2.32. The molecule has 0 saturated carbocycles. The van der Waals surface area contributed by atoms with Crippen molar-refractivity contribution in [2.24, 2.45) is 0 Å². The number of carbonyl (C=O) groups excluding carboxylic acids is 2. The van der Waals surface area contributed by atoms with Crippen LogP contribution < -0.4 is 4.90 Å². The van der Waals surface area contributed by atoms with Crippen molar-refractivity contribution >= 4 is 17.5 Å². The van der Waals surface area contributed by atoms with Gasteiger partial charge in [-0.1, -0.05) is 0 Å². The maximum Gasteiger partial charge on any atom is 0.255 e. The van der Waals surface area contributed by atoms with Gasteiger partial charge in [-0.2, -0.15) is 10.2 Å². The van der Waals surface area contributed by atoms with E-state index in [1.165, 1.54) is 18.7 Å². The predicted octanol–water partition coefficient (Wildman–Crippen LogP) is 0.305. The van der Waals surface area contributed by atoms with Crippen LogP contribution in [0, 0.1) is 0 Å². The van der Waals surface area contributed by atoms with Gasteiger partial charge < -0.3 is 14.5 Å². The third-order valence-electron chi connectivity index (χ3n) is 4.90. The van der Waals surface area contributed by atoms with E-state index in [4.69, 9.17) is 4.74 Å². The van der Waals surface area contributed by atoms with E-state index >= 15 is 0 Å². The maximum absolute atomic E-state index is 12.5. The minimum atomic E-state index is -0.447. The second-order valence-corrected chi connectivity index (χ2v) is 6.47. The van der Waals surface area contributed by atoms with Crippen LogP contribution in [0.5, 0.6) is 0 Å². The van der Waals surface area contributed by atoms with E-state index < -0.39 is 5.60 Å². The first kappa shape index (κ1) is 16.5. The molecule has 2 fully saturated rings. The first-order valence-electron chi connectivity index (χ1n) is 8.42. The first-order valence-corrected chi connectivity index (χ1v) is 8.42. The number of aromatic nitrogens is 4. The summed E-state index contributed by atoms with van der Waals surface area (Å²) in [6.45, 7) is 1.60. The largest absolute Gasteiger partial charge is 0.363 e. The van der Waals surface area contributed by atoms with E-state index in [9.17, 15) is 9.59 Å². The van der Waals surface area contributed by atoms with Gasteiger partial charge in [0.2, 0.25) is 0 Å². The number of hydrogen-bond acceptors (Lipinski definition) is 7. The van der Waals surface area contributed by atoms with Gasteiger partial charge in [-0.15, -0.1) is 0 Å². The maximum atomic E-state index is 12.5. The Hall–Kier alpha value is -2.94. The van der Waals surface area contributed by atoms with Crippen molar-refractivity contribution < 1.29 is 14.3 Å². The van der Waals surface area contributed by atoms with Crippen LogP contribution in [0.4, 0.5) is 5.69 Å². The zero-order valence-corrected chi connectivity index (χ0v) is 14.1. The molecule has 134 valence electrons. The second-order valence-electron chi connectivity index (χ2n) is 6.47. The fraction of sp³-hybridized carbons (Fsp3) is 0.412. The fourth-order valence-corrected chi connectivity index (χ4v) is 3.40. The van der Waals surface area contributed by atoms with Crippen LogP contribution in [0.2, 0.25) is 0 Å². The van der Waals surface area contributed by atoms with Gasteiger partial charge in [-0.25, -0.2) is 9.97 Å². The highest BCUT2D eigenvalue weighted by molar-refractivity contribution is 5.95. The highest BCUT2D eigenvalue weighted by Gasteiger charge is 2.43. The zero-order chi connectivity index (χ0) is 18.0. The fourth-order valence-electron chi connectivity index (χ4n) is 3.40. The molecule has 2 saturated heterocycles. The SMILES string of the molecule is O=C(c1ccnnc1)N1CCC2(CC1)CN(c1cncnc1)C(=O)CO2. The van der Waals surface area contributed by atoms with Crippen molar-refractivity contribution in [3.8, 4) is 0 Å². The average molecular weight is 354 g/mol. The number of anilines is 1. The molecular weight excluding hydrogens is 336 g/mol. The Morgan fingerprint density at radius 2 is 1.88 bits per heavy atom. The van der Waals surface area contributed by atoms with Crippen molar-refractivity contribution in [1.29, 1.82) is 0 Å². The molecule has 0 unspecified atom stereocenters. The molecule has 0 aliphatic carbocycles. The third kappa shape index (κ3) is 3.13. The van der Waals surface area contributed by atoms with Gasteiger partial charge in [-0.05, 0) is 18.9 Å². The minimum absolute atomic E-state index is 0.0249. The van der Waals surface area contributed by atoms with Gasteiger partial charge in [0.25, 0.3) is 11.8 Å². The van der Waals surface area contributed by atoms with Crippen molar-refractivity contribution in [2.75, 3.05) is 31.1 Å². The molecule has 2 aliphatic rings. The van der Waals surface area contributed by atoms with E-state index in [0.29, 0.717) is 43.7 Å². The summed E-state index contributed by atoms with van der Waals surface area (Å²) >= 11 is 0. The van der Waals surface area contributed by atoms with E-state index in [1.807, 2.05) is 0 Å². The van der Waals surface area contributed by atoms with Crippen molar-refractivity contribution in [3.05, 3.63) is 42.7 Å². The van der Waals surface area contributed by atoms with Gasteiger partial charge in [0, 0.05) is 13.1 Å². The first-order chi connectivity index (χ1) is 12.7. The lowest BCUT2D eigenvalue weighted by atomic mass is 9.89. The molecular formula is C17H18N6O3. The normalized spacial score (nSPS) is 19.6. The second kappa shape index (κ2) is 6.75. The molecule has 9 nitrogen and oxygen atoms in total. The molecule has 2 amide bonds. The van der Waals surface area contributed by atoms with E-state index in [-0.39, 0.29) is 18.4 Å². The zero-order valence-electron chi connectivity index (χ0n) is 14.1. The van der Waals surface area contributed by atoms with E-state index in [2.05, 4.69) is 20.2 Å². The summed E-state index contributed by atoms with van der Waals surface area (Å²) in [6, 6.07) is 1.66. The number of piperidine rings is 1. The smallest absolute Gasteiger partial charge is 0.255 e. The van der Waals surface area contributed by atoms with Crippen molar-refractivity contribution in [3.63, 3.8) is 0 Å². The average Bonchev–Trinajstić information content (AvgIpc) is 2.71. The van der Waals surface area contributed by atoms with E-state index in [0.717, 1.165) is 0 Å². The molecule has 0 aromatic carbocycles. The summed E-state index contributed by atoms with van der Waals surface area (Å²) in [5, 5.41) is 7.45. The number of carbonyl (C=O) groups is 2. The van der Waals surface area contributed by atoms with Crippen molar-refractivity contribution in [2.45, 2.75) is 18.4 Å². The third-order valence-corrected chi connectivity index (χ3v) is 4.90.